The third-order valence-corrected chi connectivity index (χ3v) is 8.07. The highest BCUT2D eigenvalue weighted by atomic mass is 15.1. The fraction of sp³-hybridized carbons (Fsp3) is 0.0256. The Balaban J connectivity index is 1.36. The van der Waals surface area contributed by atoms with Crippen LogP contribution in [-0.4, -0.2) is 14.5 Å². The van der Waals surface area contributed by atoms with Crippen molar-refractivity contribution in [2.45, 2.75) is 6.85 Å². The molecular formula is C39H27N3. The van der Waals surface area contributed by atoms with Gasteiger partial charge >= 0.3 is 0 Å². The van der Waals surface area contributed by atoms with Crippen LogP contribution in [0.15, 0.2) is 146 Å². The third kappa shape index (κ3) is 3.90. The lowest BCUT2D eigenvalue weighted by Gasteiger charge is -2.18. The maximum atomic E-state index is 8.24. The van der Waals surface area contributed by atoms with Gasteiger partial charge in [-0.15, -0.1) is 0 Å². The minimum Gasteiger partial charge on any atom is -0.297 e. The molecule has 0 unspecified atom stereocenters. The average molecular weight is 541 g/mol. The number of hydrogen-bond acceptors (Lipinski definition) is 2. The van der Waals surface area contributed by atoms with Crippen LogP contribution < -0.4 is 0 Å². The van der Waals surface area contributed by atoms with Crippen molar-refractivity contribution in [3.05, 3.63) is 152 Å². The number of para-hydroxylation sites is 2. The zero-order valence-electron chi connectivity index (χ0n) is 25.7. The van der Waals surface area contributed by atoms with Crippen molar-refractivity contribution in [2.24, 2.45) is 0 Å². The number of pyridine rings is 1. The zero-order valence-corrected chi connectivity index (χ0v) is 22.7. The van der Waals surface area contributed by atoms with Crippen molar-refractivity contribution in [1.82, 2.24) is 14.5 Å². The highest BCUT2D eigenvalue weighted by molar-refractivity contribution is 6.21. The minimum absolute atomic E-state index is 0.0566. The molecule has 0 spiro atoms. The lowest BCUT2D eigenvalue weighted by atomic mass is 9.85. The molecule has 8 rings (SSSR count). The fourth-order valence-corrected chi connectivity index (χ4v) is 6.21. The van der Waals surface area contributed by atoms with E-state index in [4.69, 9.17) is 4.11 Å². The predicted molar refractivity (Wildman–Crippen MR) is 175 cm³/mol. The second-order valence-electron chi connectivity index (χ2n) is 10.5. The molecule has 0 amide bonds. The van der Waals surface area contributed by atoms with Crippen LogP contribution >= 0.6 is 0 Å². The van der Waals surface area contributed by atoms with E-state index in [1.54, 1.807) is 4.57 Å². The molecule has 0 bridgehead atoms. The summed E-state index contributed by atoms with van der Waals surface area (Å²) in [6, 6.07) is 45.6. The van der Waals surface area contributed by atoms with E-state index < -0.39 is 6.85 Å². The third-order valence-electron chi connectivity index (χ3n) is 8.07. The molecule has 0 aliphatic carbocycles. The maximum Gasteiger partial charge on any atom is 0.111 e. The number of fused-ring (bicyclic) bond motifs is 3. The van der Waals surface area contributed by atoms with Crippen molar-refractivity contribution in [3.8, 4) is 39.1 Å². The molecule has 0 aliphatic rings. The van der Waals surface area contributed by atoms with E-state index in [2.05, 4.69) is 94.9 Å². The summed E-state index contributed by atoms with van der Waals surface area (Å²) in [6.07, 6.45) is 3.63. The molecule has 42 heavy (non-hydrogen) atoms. The van der Waals surface area contributed by atoms with E-state index in [-0.39, 0.29) is 5.82 Å². The molecule has 0 saturated carbocycles. The van der Waals surface area contributed by atoms with Gasteiger partial charge in [0, 0.05) is 22.2 Å². The molecule has 0 N–H and O–H groups in total. The molecular weight excluding hydrogens is 510 g/mol. The molecule has 6 aromatic carbocycles. The lowest BCUT2D eigenvalue weighted by molar-refractivity contribution is 1.00. The Labute approximate surface area is 248 Å². The molecule has 0 aliphatic heterocycles. The Morgan fingerprint density at radius 2 is 1.10 bits per heavy atom. The Morgan fingerprint density at radius 3 is 1.76 bits per heavy atom. The number of imidazole rings is 1. The first-order chi connectivity index (χ1) is 22.0. The van der Waals surface area contributed by atoms with Crippen LogP contribution in [0.25, 0.3) is 71.6 Å². The summed E-state index contributed by atoms with van der Waals surface area (Å²) in [5.74, 6) is 0.0566. The van der Waals surface area contributed by atoms with Crippen molar-refractivity contribution in [3.63, 3.8) is 0 Å². The zero-order chi connectivity index (χ0) is 30.5. The summed E-state index contributed by atoms with van der Waals surface area (Å²) in [6.45, 7) is -2.37. The molecule has 3 heteroatoms. The van der Waals surface area contributed by atoms with Crippen molar-refractivity contribution >= 4 is 32.6 Å². The van der Waals surface area contributed by atoms with Gasteiger partial charge in [0.1, 0.15) is 5.82 Å². The Hall–Kier alpha value is -5.54. The van der Waals surface area contributed by atoms with Gasteiger partial charge in [-0.05, 0) is 98.2 Å². The van der Waals surface area contributed by atoms with Crippen LogP contribution in [0.1, 0.15) is 9.94 Å². The molecule has 0 radical (unpaired) electrons. The van der Waals surface area contributed by atoms with Gasteiger partial charge < -0.3 is 0 Å². The molecule has 3 nitrogen and oxygen atoms in total. The molecule has 0 saturated heterocycles. The second kappa shape index (κ2) is 9.83. The smallest absolute Gasteiger partial charge is 0.111 e. The van der Waals surface area contributed by atoms with Crippen LogP contribution in [0, 0.1) is 6.85 Å². The molecule has 8 aromatic rings. The maximum absolute atomic E-state index is 8.24. The molecule has 0 atom stereocenters. The summed E-state index contributed by atoms with van der Waals surface area (Å²) < 4.78 is 26.5. The van der Waals surface area contributed by atoms with Gasteiger partial charge in [-0.2, -0.15) is 0 Å². The van der Waals surface area contributed by atoms with Gasteiger partial charge in [-0.3, -0.25) is 9.55 Å². The Morgan fingerprint density at radius 1 is 0.524 bits per heavy atom. The number of aromatic nitrogens is 3. The number of nitrogens with zero attached hydrogens (tertiary/aromatic N) is 3. The van der Waals surface area contributed by atoms with Crippen molar-refractivity contribution in [2.75, 3.05) is 0 Å². The van der Waals surface area contributed by atoms with E-state index in [1.807, 2.05) is 60.9 Å². The van der Waals surface area contributed by atoms with Crippen molar-refractivity contribution in [1.29, 1.82) is 0 Å². The van der Waals surface area contributed by atoms with E-state index in [1.165, 1.54) is 5.56 Å². The number of hydrogen-bond donors (Lipinski definition) is 0. The van der Waals surface area contributed by atoms with Gasteiger partial charge in [0.05, 0.1) is 11.0 Å². The fourth-order valence-electron chi connectivity index (χ4n) is 6.21. The van der Waals surface area contributed by atoms with Crippen LogP contribution in [0.3, 0.4) is 0 Å². The molecule has 198 valence electrons. The SMILES string of the molecule is [2H]C([2H])([2H])c1nc2ccccc2n1-c1cccc(-c2c3ccccc3c(-c3ccc(-c4ccncc4)cc3)c3ccccc23)c1. The Kier molecular flexibility index (Phi) is 4.97. The highest BCUT2D eigenvalue weighted by Crippen LogP contribution is 2.44. The first-order valence-corrected chi connectivity index (χ1v) is 14.0. The average Bonchev–Trinajstić information content (AvgIpc) is 3.48. The summed E-state index contributed by atoms with van der Waals surface area (Å²) in [4.78, 5) is 8.69. The van der Waals surface area contributed by atoms with Gasteiger partial charge in [-0.25, -0.2) is 4.98 Å². The lowest BCUT2D eigenvalue weighted by Crippen LogP contribution is -1.97. The van der Waals surface area contributed by atoms with Gasteiger partial charge in [0.15, 0.2) is 0 Å². The minimum atomic E-state index is -2.37. The summed E-state index contributed by atoms with van der Waals surface area (Å²) in [5, 5.41) is 4.58. The number of aryl methyl sites for hydroxylation is 1. The van der Waals surface area contributed by atoms with Crippen LogP contribution in [0.5, 0.6) is 0 Å². The number of rotatable bonds is 4. The van der Waals surface area contributed by atoms with Gasteiger partial charge in [0.25, 0.3) is 0 Å². The van der Waals surface area contributed by atoms with E-state index in [0.717, 1.165) is 60.6 Å². The normalized spacial score (nSPS) is 12.8. The van der Waals surface area contributed by atoms with E-state index in [0.29, 0.717) is 5.52 Å². The summed E-state index contributed by atoms with van der Waals surface area (Å²) in [7, 11) is 0. The van der Waals surface area contributed by atoms with Crippen LogP contribution in [-0.2, 0) is 0 Å². The Bertz CT molecular complexity index is 2300. The highest BCUT2D eigenvalue weighted by Gasteiger charge is 2.17. The molecule has 2 aromatic heterocycles. The topological polar surface area (TPSA) is 30.7 Å². The number of benzene rings is 6. The molecule has 2 heterocycles. The van der Waals surface area contributed by atoms with Gasteiger partial charge in [0.2, 0.25) is 0 Å². The van der Waals surface area contributed by atoms with Crippen molar-refractivity contribution < 1.29 is 4.11 Å². The second-order valence-corrected chi connectivity index (χ2v) is 10.5. The summed E-state index contributed by atoms with van der Waals surface area (Å²) >= 11 is 0. The van der Waals surface area contributed by atoms with Crippen LogP contribution in [0.4, 0.5) is 0 Å². The largest absolute Gasteiger partial charge is 0.297 e. The predicted octanol–water partition coefficient (Wildman–Crippen LogP) is 10.0. The van der Waals surface area contributed by atoms with E-state index >= 15 is 0 Å². The van der Waals surface area contributed by atoms with Crippen LogP contribution in [0.2, 0.25) is 0 Å². The monoisotopic (exact) mass is 540 g/mol. The first kappa shape index (κ1) is 21.2. The summed E-state index contributed by atoms with van der Waals surface area (Å²) in [5.41, 5.74) is 8.91. The van der Waals surface area contributed by atoms with E-state index in [9.17, 15) is 0 Å². The first-order valence-electron chi connectivity index (χ1n) is 15.5. The standard InChI is InChI=1S/C39H27N3/c1-26-41-36-15-6-7-16-37(36)42(26)31-10-8-9-30(25-31)39-34-13-4-2-11-32(34)38(33-12-3-5-14-35(33)39)29-19-17-27(18-20-29)28-21-23-40-24-22-28/h2-25H,1H3/i1D3. The molecule has 0 fully saturated rings. The quantitative estimate of drug-likeness (QED) is 0.208. The van der Waals surface area contributed by atoms with Gasteiger partial charge in [-0.1, -0.05) is 97.1 Å².